The number of carbonyl (C=O) groups excluding carboxylic acids is 1. The lowest BCUT2D eigenvalue weighted by molar-refractivity contribution is -0.135. The highest BCUT2D eigenvalue weighted by atomic mass is 16.5. The minimum absolute atomic E-state index is 0.197. The van der Waals surface area contributed by atoms with Gasteiger partial charge < -0.3 is 9.64 Å². The number of aromatic amines is 1. The Kier molecular flexibility index (Phi) is 6.00. The van der Waals surface area contributed by atoms with Crippen molar-refractivity contribution in [3.63, 3.8) is 0 Å². The molecule has 0 radical (unpaired) electrons. The molecule has 22 heavy (non-hydrogen) atoms. The van der Waals surface area contributed by atoms with Crippen LogP contribution in [0.1, 0.15) is 62.4 Å². The molecule has 0 aromatic carbocycles. The Morgan fingerprint density at radius 3 is 2.91 bits per heavy atom. The van der Waals surface area contributed by atoms with E-state index in [1.54, 1.807) is 0 Å². The number of likely N-dealkylation sites (tertiary alicyclic amines) is 1. The SMILES string of the molecule is CCCOC1CCCN(C(=O)CC(C)c2c(C)n[nH]c2C)C1. The van der Waals surface area contributed by atoms with Crippen molar-refractivity contribution in [3.05, 3.63) is 17.0 Å². The monoisotopic (exact) mass is 307 g/mol. The van der Waals surface area contributed by atoms with Gasteiger partial charge >= 0.3 is 0 Å². The summed E-state index contributed by atoms with van der Waals surface area (Å²) >= 11 is 0. The molecular weight excluding hydrogens is 278 g/mol. The summed E-state index contributed by atoms with van der Waals surface area (Å²) in [6.07, 6.45) is 3.89. The molecule has 1 N–H and O–H groups in total. The lowest BCUT2D eigenvalue weighted by Crippen LogP contribution is -2.43. The second-order valence-electron chi connectivity index (χ2n) is 6.43. The van der Waals surface area contributed by atoms with Crippen LogP contribution < -0.4 is 0 Å². The summed E-state index contributed by atoms with van der Waals surface area (Å²) in [4.78, 5) is 14.6. The Morgan fingerprint density at radius 2 is 2.27 bits per heavy atom. The van der Waals surface area contributed by atoms with Gasteiger partial charge in [0.15, 0.2) is 0 Å². The molecule has 1 aromatic rings. The Morgan fingerprint density at radius 1 is 1.50 bits per heavy atom. The van der Waals surface area contributed by atoms with E-state index >= 15 is 0 Å². The molecule has 5 nitrogen and oxygen atoms in total. The van der Waals surface area contributed by atoms with Crippen molar-refractivity contribution in [2.24, 2.45) is 0 Å². The normalized spacial score (nSPS) is 20.2. The molecule has 5 heteroatoms. The number of hydrogen-bond donors (Lipinski definition) is 1. The van der Waals surface area contributed by atoms with Crippen LogP contribution in [0.25, 0.3) is 0 Å². The fraction of sp³-hybridized carbons (Fsp3) is 0.765. The molecule has 124 valence electrons. The number of nitrogens with zero attached hydrogens (tertiary/aromatic N) is 2. The van der Waals surface area contributed by atoms with Crippen LogP contribution in [-0.4, -0.2) is 46.8 Å². The minimum Gasteiger partial charge on any atom is -0.376 e. The predicted octanol–water partition coefficient (Wildman–Crippen LogP) is 2.94. The van der Waals surface area contributed by atoms with E-state index in [1.807, 2.05) is 18.7 Å². The van der Waals surface area contributed by atoms with Crippen LogP contribution in [0.2, 0.25) is 0 Å². The van der Waals surface area contributed by atoms with E-state index in [4.69, 9.17) is 4.74 Å². The van der Waals surface area contributed by atoms with Gasteiger partial charge in [0.1, 0.15) is 0 Å². The summed E-state index contributed by atoms with van der Waals surface area (Å²) in [7, 11) is 0. The first-order valence-electron chi connectivity index (χ1n) is 8.43. The zero-order chi connectivity index (χ0) is 16.1. The smallest absolute Gasteiger partial charge is 0.223 e. The second-order valence-corrected chi connectivity index (χ2v) is 6.43. The highest BCUT2D eigenvalue weighted by Crippen LogP contribution is 2.26. The van der Waals surface area contributed by atoms with Gasteiger partial charge in [-0.1, -0.05) is 13.8 Å². The molecule has 0 bridgehead atoms. The molecule has 1 aliphatic heterocycles. The van der Waals surface area contributed by atoms with Gasteiger partial charge in [-0.15, -0.1) is 0 Å². The Labute approximate surface area is 133 Å². The average molecular weight is 307 g/mol. The number of aromatic nitrogens is 2. The molecular formula is C17H29N3O2. The number of amides is 1. The van der Waals surface area contributed by atoms with Crippen molar-refractivity contribution >= 4 is 5.91 Å². The van der Waals surface area contributed by atoms with Crippen molar-refractivity contribution in [2.75, 3.05) is 19.7 Å². The van der Waals surface area contributed by atoms with Crippen molar-refractivity contribution in [2.45, 2.75) is 65.4 Å². The number of carbonyl (C=O) groups is 1. The summed E-state index contributed by atoms with van der Waals surface area (Å²) in [5.41, 5.74) is 3.25. The molecule has 2 atom stereocenters. The van der Waals surface area contributed by atoms with Crippen LogP contribution in [0, 0.1) is 13.8 Å². The first-order valence-corrected chi connectivity index (χ1v) is 8.43. The maximum atomic E-state index is 12.6. The van der Waals surface area contributed by atoms with Crippen LogP contribution in [0.15, 0.2) is 0 Å². The highest BCUT2D eigenvalue weighted by molar-refractivity contribution is 5.77. The Balaban J connectivity index is 1.91. The maximum absolute atomic E-state index is 12.6. The predicted molar refractivity (Wildman–Crippen MR) is 86.9 cm³/mol. The van der Waals surface area contributed by atoms with Gasteiger partial charge in [-0.25, -0.2) is 0 Å². The number of hydrogen-bond acceptors (Lipinski definition) is 3. The molecule has 0 aliphatic carbocycles. The number of ether oxygens (including phenoxy) is 1. The van der Waals surface area contributed by atoms with Crippen LogP contribution >= 0.6 is 0 Å². The molecule has 1 saturated heterocycles. The zero-order valence-corrected chi connectivity index (χ0v) is 14.3. The van der Waals surface area contributed by atoms with Gasteiger partial charge in [0.25, 0.3) is 0 Å². The topological polar surface area (TPSA) is 58.2 Å². The van der Waals surface area contributed by atoms with E-state index in [1.165, 1.54) is 5.56 Å². The Bertz CT molecular complexity index is 479. The Hall–Kier alpha value is -1.36. The summed E-state index contributed by atoms with van der Waals surface area (Å²) in [6, 6.07) is 0. The van der Waals surface area contributed by atoms with E-state index in [9.17, 15) is 4.79 Å². The van der Waals surface area contributed by atoms with Gasteiger partial charge in [-0.3, -0.25) is 9.89 Å². The standard InChI is InChI=1S/C17H29N3O2/c1-5-9-22-15-7-6-8-20(11-15)16(21)10-12(2)17-13(3)18-19-14(17)4/h12,15H,5-11H2,1-4H3,(H,18,19). The fourth-order valence-corrected chi connectivity index (χ4v) is 3.36. The molecule has 1 aromatic heterocycles. The number of piperidine rings is 1. The fourth-order valence-electron chi connectivity index (χ4n) is 3.36. The third kappa shape index (κ3) is 4.09. The summed E-state index contributed by atoms with van der Waals surface area (Å²) < 4.78 is 5.82. The van der Waals surface area contributed by atoms with Crippen molar-refractivity contribution < 1.29 is 9.53 Å². The van der Waals surface area contributed by atoms with Gasteiger partial charge in [-0.2, -0.15) is 5.10 Å². The quantitative estimate of drug-likeness (QED) is 0.879. The van der Waals surface area contributed by atoms with Gasteiger partial charge in [0.05, 0.1) is 11.8 Å². The summed E-state index contributed by atoms with van der Waals surface area (Å²) in [6.45, 7) is 10.6. The molecule has 1 fully saturated rings. The summed E-state index contributed by atoms with van der Waals surface area (Å²) in [5, 5.41) is 7.24. The second kappa shape index (κ2) is 7.77. The molecule has 1 aliphatic rings. The molecule has 0 saturated carbocycles. The third-order valence-corrected chi connectivity index (χ3v) is 4.45. The molecule has 2 unspecified atom stereocenters. The van der Waals surface area contributed by atoms with E-state index in [2.05, 4.69) is 24.0 Å². The third-order valence-electron chi connectivity index (χ3n) is 4.45. The van der Waals surface area contributed by atoms with Crippen LogP contribution in [0.5, 0.6) is 0 Å². The molecule has 2 heterocycles. The maximum Gasteiger partial charge on any atom is 0.223 e. The number of nitrogens with one attached hydrogen (secondary N) is 1. The van der Waals surface area contributed by atoms with Crippen LogP contribution in [0.4, 0.5) is 0 Å². The highest BCUT2D eigenvalue weighted by Gasteiger charge is 2.26. The average Bonchev–Trinajstić information content (AvgIpc) is 2.84. The minimum atomic E-state index is 0.197. The van der Waals surface area contributed by atoms with Gasteiger partial charge in [0.2, 0.25) is 5.91 Å². The van der Waals surface area contributed by atoms with E-state index < -0.39 is 0 Å². The first kappa shape index (κ1) is 17.0. The number of H-pyrrole nitrogens is 1. The van der Waals surface area contributed by atoms with Gasteiger partial charge in [0, 0.05) is 31.8 Å². The van der Waals surface area contributed by atoms with E-state index in [0.717, 1.165) is 50.3 Å². The summed E-state index contributed by atoms with van der Waals surface area (Å²) in [5.74, 6) is 0.431. The number of aryl methyl sites for hydroxylation is 2. The van der Waals surface area contributed by atoms with Crippen LogP contribution in [0.3, 0.4) is 0 Å². The van der Waals surface area contributed by atoms with Crippen molar-refractivity contribution in [1.29, 1.82) is 0 Å². The van der Waals surface area contributed by atoms with Crippen molar-refractivity contribution in [3.8, 4) is 0 Å². The number of rotatable bonds is 6. The van der Waals surface area contributed by atoms with E-state index in [-0.39, 0.29) is 17.9 Å². The lowest BCUT2D eigenvalue weighted by Gasteiger charge is -2.33. The largest absolute Gasteiger partial charge is 0.376 e. The lowest BCUT2D eigenvalue weighted by atomic mass is 9.95. The molecule has 2 rings (SSSR count). The van der Waals surface area contributed by atoms with Gasteiger partial charge in [-0.05, 0) is 44.6 Å². The molecule has 1 amide bonds. The zero-order valence-electron chi connectivity index (χ0n) is 14.3. The van der Waals surface area contributed by atoms with E-state index in [0.29, 0.717) is 6.42 Å². The first-order chi connectivity index (χ1) is 10.5. The molecule has 0 spiro atoms. The van der Waals surface area contributed by atoms with Crippen LogP contribution in [-0.2, 0) is 9.53 Å². The van der Waals surface area contributed by atoms with Crippen molar-refractivity contribution in [1.82, 2.24) is 15.1 Å².